The summed E-state index contributed by atoms with van der Waals surface area (Å²) in [5.74, 6) is 0.921. The molecule has 1 aliphatic rings. The summed E-state index contributed by atoms with van der Waals surface area (Å²) in [4.78, 5) is 2.41. The Morgan fingerprint density at radius 1 is 1.29 bits per heavy atom. The van der Waals surface area contributed by atoms with Gasteiger partial charge in [-0.1, -0.05) is 37.1 Å². The highest BCUT2D eigenvalue weighted by molar-refractivity contribution is 6.33. The fraction of sp³-hybridized carbons (Fsp3) is 0.667. The fourth-order valence-corrected chi connectivity index (χ4v) is 3.92. The Kier molecular flexibility index (Phi) is 5.95. The summed E-state index contributed by atoms with van der Waals surface area (Å²) < 4.78 is 0. The van der Waals surface area contributed by atoms with Crippen LogP contribution in [0, 0.1) is 5.92 Å². The van der Waals surface area contributed by atoms with E-state index in [0.29, 0.717) is 6.04 Å². The lowest BCUT2D eigenvalue weighted by Crippen LogP contribution is -2.36. The molecule has 0 amide bonds. The van der Waals surface area contributed by atoms with Gasteiger partial charge in [0.15, 0.2) is 0 Å². The lowest BCUT2D eigenvalue weighted by atomic mass is 9.84. The molecule has 1 saturated carbocycles. The van der Waals surface area contributed by atoms with Crippen molar-refractivity contribution in [1.82, 2.24) is 0 Å². The summed E-state index contributed by atoms with van der Waals surface area (Å²) >= 11 is 6.50. The fourth-order valence-electron chi connectivity index (χ4n) is 3.59. The minimum absolute atomic E-state index is 0.159. The molecular weight excluding hydrogens is 280 g/mol. The summed E-state index contributed by atoms with van der Waals surface area (Å²) in [7, 11) is 2.20. The van der Waals surface area contributed by atoms with Gasteiger partial charge in [0.2, 0.25) is 0 Å². The van der Waals surface area contributed by atoms with Crippen LogP contribution in [0.25, 0.3) is 0 Å². The first kappa shape index (κ1) is 16.6. The Bertz CT molecular complexity index is 451. The molecule has 1 unspecified atom stereocenters. The minimum atomic E-state index is 0.159. The molecule has 0 radical (unpaired) electrons. The van der Waals surface area contributed by atoms with Gasteiger partial charge in [-0.3, -0.25) is 0 Å². The Morgan fingerprint density at radius 3 is 2.52 bits per heavy atom. The quantitative estimate of drug-likeness (QED) is 0.859. The van der Waals surface area contributed by atoms with Gasteiger partial charge < -0.3 is 10.6 Å². The molecule has 0 aromatic heterocycles. The standard InChI is InChI=1S/C18H29ClN2/c1-4-14-8-10-16(11-9-14)21(3)18-15(12-13(2)20)6-5-7-17(18)19/h5-7,13-14,16H,4,8-12,20H2,1-3H3. The van der Waals surface area contributed by atoms with E-state index >= 15 is 0 Å². The van der Waals surface area contributed by atoms with Crippen LogP contribution in [-0.4, -0.2) is 19.1 Å². The molecule has 0 bridgehead atoms. The molecule has 0 saturated heterocycles. The average Bonchev–Trinajstić information content (AvgIpc) is 2.46. The van der Waals surface area contributed by atoms with Gasteiger partial charge in [0.25, 0.3) is 0 Å². The maximum absolute atomic E-state index is 6.50. The van der Waals surface area contributed by atoms with Crippen LogP contribution < -0.4 is 10.6 Å². The van der Waals surface area contributed by atoms with Gasteiger partial charge in [-0.2, -0.15) is 0 Å². The minimum Gasteiger partial charge on any atom is -0.370 e. The third-order valence-electron chi connectivity index (χ3n) is 4.91. The van der Waals surface area contributed by atoms with E-state index < -0.39 is 0 Å². The van der Waals surface area contributed by atoms with E-state index in [1.165, 1.54) is 43.4 Å². The molecule has 0 aliphatic heterocycles. The number of nitrogens with zero attached hydrogens (tertiary/aromatic N) is 1. The molecule has 1 aliphatic carbocycles. The van der Waals surface area contributed by atoms with E-state index in [9.17, 15) is 0 Å². The first-order chi connectivity index (χ1) is 10.0. The molecular formula is C18H29ClN2. The van der Waals surface area contributed by atoms with E-state index in [4.69, 9.17) is 17.3 Å². The van der Waals surface area contributed by atoms with Crippen molar-refractivity contribution in [3.63, 3.8) is 0 Å². The molecule has 2 nitrogen and oxygen atoms in total. The van der Waals surface area contributed by atoms with E-state index in [-0.39, 0.29) is 6.04 Å². The van der Waals surface area contributed by atoms with Gasteiger partial charge in [-0.05, 0) is 56.6 Å². The number of para-hydroxylation sites is 1. The smallest absolute Gasteiger partial charge is 0.0642 e. The van der Waals surface area contributed by atoms with Gasteiger partial charge in [-0.25, -0.2) is 0 Å². The highest BCUT2D eigenvalue weighted by Gasteiger charge is 2.25. The van der Waals surface area contributed by atoms with Crippen molar-refractivity contribution in [2.45, 2.75) is 64.5 Å². The number of hydrogen-bond donors (Lipinski definition) is 1. The second-order valence-corrected chi connectivity index (χ2v) is 7.03. The molecule has 1 atom stereocenters. The first-order valence-electron chi connectivity index (χ1n) is 8.28. The van der Waals surface area contributed by atoms with Gasteiger partial charge >= 0.3 is 0 Å². The lowest BCUT2D eigenvalue weighted by Gasteiger charge is -2.37. The van der Waals surface area contributed by atoms with Crippen LogP contribution in [0.3, 0.4) is 0 Å². The van der Waals surface area contributed by atoms with Crippen LogP contribution >= 0.6 is 11.6 Å². The maximum atomic E-state index is 6.50. The van der Waals surface area contributed by atoms with Crippen LogP contribution in [0.4, 0.5) is 5.69 Å². The van der Waals surface area contributed by atoms with E-state index in [1.807, 2.05) is 12.1 Å². The summed E-state index contributed by atoms with van der Waals surface area (Å²) in [5, 5.41) is 0.855. The van der Waals surface area contributed by atoms with Crippen LogP contribution in [0.5, 0.6) is 0 Å². The van der Waals surface area contributed by atoms with Crippen LogP contribution in [0.2, 0.25) is 5.02 Å². The summed E-state index contributed by atoms with van der Waals surface area (Å²) in [6.45, 7) is 4.36. The molecule has 1 fully saturated rings. The Hall–Kier alpha value is -0.730. The zero-order valence-electron chi connectivity index (χ0n) is 13.6. The van der Waals surface area contributed by atoms with Crippen molar-refractivity contribution in [2.24, 2.45) is 11.7 Å². The Labute approximate surface area is 134 Å². The van der Waals surface area contributed by atoms with Crippen LogP contribution in [-0.2, 0) is 6.42 Å². The number of halogens is 1. The van der Waals surface area contributed by atoms with E-state index in [1.54, 1.807) is 0 Å². The third kappa shape index (κ3) is 4.14. The number of anilines is 1. The number of rotatable bonds is 5. The zero-order chi connectivity index (χ0) is 15.4. The Morgan fingerprint density at radius 2 is 1.95 bits per heavy atom. The SMILES string of the molecule is CCC1CCC(N(C)c2c(Cl)cccc2CC(C)N)CC1. The predicted octanol–water partition coefficient (Wildman–Crippen LogP) is 4.63. The lowest BCUT2D eigenvalue weighted by molar-refractivity contribution is 0.313. The summed E-state index contributed by atoms with van der Waals surface area (Å²) in [6.07, 6.45) is 7.44. The van der Waals surface area contributed by atoms with Gasteiger partial charge in [-0.15, -0.1) is 0 Å². The predicted molar refractivity (Wildman–Crippen MR) is 93.2 cm³/mol. The van der Waals surface area contributed by atoms with Crippen molar-refractivity contribution in [2.75, 3.05) is 11.9 Å². The molecule has 1 aromatic carbocycles. The normalized spacial score (nSPS) is 23.9. The van der Waals surface area contributed by atoms with E-state index in [0.717, 1.165) is 17.4 Å². The van der Waals surface area contributed by atoms with Gasteiger partial charge in [0.1, 0.15) is 0 Å². The highest BCUT2D eigenvalue weighted by Crippen LogP contribution is 2.36. The number of hydrogen-bond acceptors (Lipinski definition) is 2. The monoisotopic (exact) mass is 308 g/mol. The van der Waals surface area contributed by atoms with Gasteiger partial charge in [0, 0.05) is 19.1 Å². The topological polar surface area (TPSA) is 29.3 Å². The zero-order valence-corrected chi connectivity index (χ0v) is 14.4. The summed E-state index contributed by atoms with van der Waals surface area (Å²) in [6, 6.07) is 6.96. The largest absolute Gasteiger partial charge is 0.370 e. The van der Waals surface area contributed by atoms with Crippen LogP contribution in [0.1, 0.15) is 51.5 Å². The Balaban J connectivity index is 2.16. The summed E-state index contributed by atoms with van der Waals surface area (Å²) in [5.41, 5.74) is 8.46. The van der Waals surface area contributed by atoms with Crippen molar-refractivity contribution >= 4 is 17.3 Å². The second-order valence-electron chi connectivity index (χ2n) is 6.62. The average molecular weight is 309 g/mol. The number of nitrogens with two attached hydrogens (primary N) is 1. The number of benzene rings is 1. The highest BCUT2D eigenvalue weighted by atomic mass is 35.5. The van der Waals surface area contributed by atoms with Crippen LogP contribution in [0.15, 0.2) is 18.2 Å². The molecule has 0 spiro atoms. The van der Waals surface area contributed by atoms with E-state index in [2.05, 4.69) is 31.9 Å². The molecule has 2 N–H and O–H groups in total. The molecule has 0 heterocycles. The van der Waals surface area contributed by atoms with Crippen molar-refractivity contribution in [1.29, 1.82) is 0 Å². The van der Waals surface area contributed by atoms with Gasteiger partial charge in [0.05, 0.1) is 10.7 Å². The molecule has 2 rings (SSSR count). The molecule has 3 heteroatoms. The second kappa shape index (κ2) is 7.51. The van der Waals surface area contributed by atoms with Crippen molar-refractivity contribution < 1.29 is 0 Å². The third-order valence-corrected chi connectivity index (χ3v) is 5.21. The molecule has 1 aromatic rings. The van der Waals surface area contributed by atoms with Crippen molar-refractivity contribution in [3.05, 3.63) is 28.8 Å². The molecule has 21 heavy (non-hydrogen) atoms. The molecule has 118 valence electrons. The first-order valence-corrected chi connectivity index (χ1v) is 8.66. The van der Waals surface area contributed by atoms with Crippen molar-refractivity contribution in [3.8, 4) is 0 Å². The maximum Gasteiger partial charge on any atom is 0.0642 e.